The third-order valence-electron chi connectivity index (χ3n) is 4.70. The molecule has 1 aliphatic heterocycles. The van der Waals surface area contributed by atoms with Gasteiger partial charge < -0.3 is 19.9 Å². The first-order valence-electron chi connectivity index (χ1n) is 9.34. The van der Waals surface area contributed by atoms with Crippen molar-refractivity contribution in [2.24, 2.45) is 0 Å². The number of carbonyl (C=O) groups is 1. The van der Waals surface area contributed by atoms with E-state index in [0.29, 0.717) is 32.8 Å². The van der Waals surface area contributed by atoms with Gasteiger partial charge in [0.05, 0.1) is 11.3 Å². The van der Waals surface area contributed by atoms with Gasteiger partial charge in [0.1, 0.15) is 28.6 Å². The fourth-order valence-electron chi connectivity index (χ4n) is 3.22. The summed E-state index contributed by atoms with van der Waals surface area (Å²) >= 11 is 1.58. The van der Waals surface area contributed by atoms with Crippen molar-refractivity contribution in [1.82, 2.24) is 9.88 Å². The Labute approximate surface area is 170 Å². The van der Waals surface area contributed by atoms with Crippen LogP contribution in [-0.4, -0.2) is 48.7 Å². The van der Waals surface area contributed by atoms with Gasteiger partial charge in [0, 0.05) is 26.2 Å². The Morgan fingerprint density at radius 1 is 1.14 bits per heavy atom. The van der Waals surface area contributed by atoms with E-state index < -0.39 is 23.4 Å². The number of hydrogen-bond donors (Lipinski definition) is 1. The molecule has 2 aromatic carbocycles. The molecule has 2 heterocycles. The number of urea groups is 1. The standard InChI is InChI=1S/C20H20F2N4O2S/c1-2-28-15-7-4-8-16-18(15)24-20(29-16)26-11-9-25(10-12-26)19(27)23-17-13(21)5-3-6-14(17)22/h3-8H,2,9-12H2,1H3,(H,23,27). The monoisotopic (exact) mass is 418 g/mol. The molecule has 3 aromatic rings. The summed E-state index contributed by atoms with van der Waals surface area (Å²) in [5.41, 5.74) is 0.416. The van der Waals surface area contributed by atoms with Crippen molar-refractivity contribution < 1.29 is 18.3 Å². The molecule has 0 saturated carbocycles. The predicted molar refractivity (Wildman–Crippen MR) is 110 cm³/mol. The predicted octanol–water partition coefficient (Wildman–Crippen LogP) is 4.33. The van der Waals surface area contributed by atoms with Gasteiger partial charge in [-0.1, -0.05) is 23.5 Å². The van der Waals surface area contributed by atoms with Crippen molar-refractivity contribution in [2.75, 3.05) is 43.0 Å². The van der Waals surface area contributed by atoms with Crippen molar-refractivity contribution in [2.45, 2.75) is 6.92 Å². The highest BCUT2D eigenvalue weighted by Crippen LogP contribution is 2.34. The third-order valence-corrected chi connectivity index (χ3v) is 5.78. The van der Waals surface area contributed by atoms with Crippen LogP contribution < -0.4 is 15.0 Å². The maximum atomic E-state index is 13.8. The Hall–Kier alpha value is -2.94. The number of amides is 2. The number of hydrogen-bond acceptors (Lipinski definition) is 5. The lowest BCUT2D eigenvalue weighted by molar-refractivity contribution is 0.208. The molecule has 29 heavy (non-hydrogen) atoms. The van der Waals surface area contributed by atoms with Gasteiger partial charge in [-0.15, -0.1) is 0 Å². The highest BCUT2D eigenvalue weighted by Gasteiger charge is 2.25. The molecule has 0 spiro atoms. The van der Waals surface area contributed by atoms with Crippen LogP contribution in [0.3, 0.4) is 0 Å². The molecule has 1 fully saturated rings. The Balaban J connectivity index is 1.42. The number of halogens is 2. The van der Waals surface area contributed by atoms with Gasteiger partial charge in [-0.05, 0) is 31.2 Å². The summed E-state index contributed by atoms with van der Waals surface area (Å²) in [4.78, 5) is 20.8. The topological polar surface area (TPSA) is 57.7 Å². The minimum Gasteiger partial charge on any atom is -0.492 e. The van der Waals surface area contributed by atoms with Crippen molar-refractivity contribution in [3.8, 4) is 5.75 Å². The van der Waals surface area contributed by atoms with Crippen molar-refractivity contribution in [3.63, 3.8) is 0 Å². The number of nitrogens with zero attached hydrogens (tertiary/aromatic N) is 3. The Morgan fingerprint density at radius 3 is 2.52 bits per heavy atom. The van der Waals surface area contributed by atoms with Gasteiger partial charge in [0.15, 0.2) is 5.13 Å². The van der Waals surface area contributed by atoms with Crippen LogP contribution in [0.1, 0.15) is 6.92 Å². The number of aromatic nitrogens is 1. The molecule has 0 radical (unpaired) electrons. The number of nitrogens with one attached hydrogen (secondary N) is 1. The molecule has 1 N–H and O–H groups in total. The second kappa shape index (κ2) is 8.20. The lowest BCUT2D eigenvalue weighted by Crippen LogP contribution is -2.50. The Bertz CT molecular complexity index is 1010. The smallest absolute Gasteiger partial charge is 0.322 e. The average molecular weight is 418 g/mol. The molecule has 152 valence electrons. The van der Waals surface area contributed by atoms with Crippen LogP contribution in [0.5, 0.6) is 5.75 Å². The average Bonchev–Trinajstić information content (AvgIpc) is 3.16. The summed E-state index contributed by atoms with van der Waals surface area (Å²) in [7, 11) is 0. The van der Waals surface area contributed by atoms with E-state index in [9.17, 15) is 13.6 Å². The van der Waals surface area contributed by atoms with E-state index in [1.165, 1.54) is 6.07 Å². The minimum atomic E-state index is -0.795. The van der Waals surface area contributed by atoms with E-state index in [2.05, 4.69) is 10.2 Å². The van der Waals surface area contributed by atoms with Crippen molar-refractivity contribution >= 4 is 38.4 Å². The van der Waals surface area contributed by atoms with E-state index in [1.54, 1.807) is 16.2 Å². The van der Waals surface area contributed by atoms with Crippen molar-refractivity contribution in [3.05, 3.63) is 48.0 Å². The number of carbonyl (C=O) groups excluding carboxylic acids is 1. The largest absolute Gasteiger partial charge is 0.492 e. The van der Waals surface area contributed by atoms with Crippen LogP contribution in [0.4, 0.5) is 24.4 Å². The summed E-state index contributed by atoms with van der Waals surface area (Å²) in [6.45, 7) is 4.52. The normalized spacial score (nSPS) is 14.3. The van der Waals surface area contributed by atoms with Crippen LogP contribution >= 0.6 is 11.3 Å². The Morgan fingerprint density at radius 2 is 1.83 bits per heavy atom. The molecular formula is C20H20F2N4O2S. The maximum absolute atomic E-state index is 13.8. The number of rotatable bonds is 4. The third kappa shape index (κ3) is 3.95. The maximum Gasteiger partial charge on any atom is 0.322 e. The van der Waals surface area contributed by atoms with Gasteiger partial charge in [-0.2, -0.15) is 0 Å². The number of thiazole rings is 1. The summed E-state index contributed by atoms with van der Waals surface area (Å²) in [6, 6.07) is 8.82. The first-order chi connectivity index (χ1) is 14.1. The highest BCUT2D eigenvalue weighted by atomic mass is 32.1. The molecule has 4 rings (SSSR count). The summed E-state index contributed by atoms with van der Waals surface area (Å²) in [5, 5.41) is 3.20. The first kappa shape index (κ1) is 19.4. The van der Waals surface area contributed by atoms with Gasteiger partial charge in [-0.25, -0.2) is 18.6 Å². The summed E-state index contributed by atoms with van der Waals surface area (Å²) < 4.78 is 34.2. The molecule has 0 bridgehead atoms. The van der Waals surface area contributed by atoms with Crippen molar-refractivity contribution in [1.29, 1.82) is 0 Å². The zero-order valence-electron chi connectivity index (χ0n) is 15.8. The molecule has 1 saturated heterocycles. The number of fused-ring (bicyclic) bond motifs is 1. The molecule has 0 unspecified atom stereocenters. The summed E-state index contributed by atoms with van der Waals surface area (Å²) in [6.07, 6.45) is 0. The number of ether oxygens (including phenoxy) is 1. The molecule has 0 atom stereocenters. The second-order valence-electron chi connectivity index (χ2n) is 6.53. The zero-order valence-corrected chi connectivity index (χ0v) is 16.6. The number of anilines is 2. The minimum absolute atomic E-state index is 0.422. The molecule has 6 nitrogen and oxygen atoms in total. The highest BCUT2D eigenvalue weighted by molar-refractivity contribution is 7.22. The molecule has 2 amide bonds. The fraction of sp³-hybridized carbons (Fsp3) is 0.300. The fourth-order valence-corrected chi connectivity index (χ4v) is 4.26. The molecular weight excluding hydrogens is 398 g/mol. The zero-order chi connectivity index (χ0) is 20.4. The van der Waals surface area contributed by atoms with Gasteiger partial charge in [0.25, 0.3) is 0 Å². The van der Waals surface area contributed by atoms with Crippen LogP contribution in [0, 0.1) is 11.6 Å². The first-order valence-corrected chi connectivity index (χ1v) is 10.2. The summed E-state index contributed by atoms with van der Waals surface area (Å²) in [5.74, 6) is -0.828. The lowest BCUT2D eigenvalue weighted by Gasteiger charge is -2.34. The lowest BCUT2D eigenvalue weighted by atomic mass is 10.3. The molecule has 9 heteroatoms. The van der Waals surface area contributed by atoms with Crippen LogP contribution in [0.2, 0.25) is 0 Å². The number of benzene rings is 2. The van der Waals surface area contributed by atoms with E-state index in [-0.39, 0.29) is 0 Å². The molecule has 1 aliphatic rings. The molecule has 0 aliphatic carbocycles. The van der Waals surface area contributed by atoms with Gasteiger partial charge in [-0.3, -0.25) is 0 Å². The van der Waals surface area contributed by atoms with Gasteiger partial charge in [0.2, 0.25) is 0 Å². The van der Waals surface area contributed by atoms with E-state index in [0.717, 1.165) is 33.2 Å². The van der Waals surface area contributed by atoms with Crippen LogP contribution in [-0.2, 0) is 0 Å². The quantitative estimate of drug-likeness (QED) is 0.685. The Kier molecular flexibility index (Phi) is 5.48. The van der Waals surface area contributed by atoms with Crippen LogP contribution in [0.25, 0.3) is 10.2 Å². The van der Waals surface area contributed by atoms with Gasteiger partial charge >= 0.3 is 6.03 Å². The number of para-hydroxylation sites is 2. The number of piperazine rings is 1. The van der Waals surface area contributed by atoms with E-state index in [1.807, 2.05) is 25.1 Å². The SMILES string of the molecule is CCOc1cccc2sc(N3CCN(C(=O)Nc4c(F)cccc4F)CC3)nc12. The van der Waals surface area contributed by atoms with E-state index >= 15 is 0 Å². The second-order valence-corrected chi connectivity index (χ2v) is 7.54. The van der Waals surface area contributed by atoms with E-state index in [4.69, 9.17) is 9.72 Å². The van der Waals surface area contributed by atoms with Crippen LogP contribution in [0.15, 0.2) is 36.4 Å². The molecule has 1 aromatic heterocycles.